The molecule has 0 saturated heterocycles. The van der Waals surface area contributed by atoms with Gasteiger partial charge in [-0.2, -0.15) is 0 Å². The Labute approximate surface area is 110 Å². The monoisotopic (exact) mass is 272 g/mol. The molecule has 0 spiro atoms. The quantitative estimate of drug-likeness (QED) is 0.893. The average Bonchev–Trinajstić information content (AvgIpc) is 2.72. The third kappa shape index (κ3) is 3.36. The highest BCUT2D eigenvalue weighted by Crippen LogP contribution is 2.28. The predicted octanol–water partition coefficient (Wildman–Crippen LogP) is 4.16. The number of rotatable bonds is 3. The molecular formula is C12H14ClFN2S. The second kappa shape index (κ2) is 5.74. The number of halogens is 2. The number of nitrogens with one attached hydrogen (secondary N) is 1. The van der Waals surface area contributed by atoms with Crippen molar-refractivity contribution in [3.8, 4) is 0 Å². The van der Waals surface area contributed by atoms with Crippen LogP contribution in [0.1, 0.15) is 19.8 Å². The first-order chi connectivity index (χ1) is 8.19. The highest BCUT2D eigenvalue weighted by molar-refractivity contribution is 8.15. The molecule has 5 heteroatoms. The van der Waals surface area contributed by atoms with Crippen LogP contribution in [0.25, 0.3) is 0 Å². The maximum absolute atomic E-state index is 13.1. The van der Waals surface area contributed by atoms with Crippen molar-refractivity contribution >= 4 is 34.2 Å². The fraction of sp³-hybridized carbons (Fsp3) is 0.417. The van der Waals surface area contributed by atoms with Gasteiger partial charge in [-0.3, -0.25) is 4.99 Å². The largest absolute Gasteiger partial charge is 0.334 e. The van der Waals surface area contributed by atoms with E-state index in [9.17, 15) is 4.39 Å². The maximum atomic E-state index is 13.1. The van der Waals surface area contributed by atoms with Gasteiger partial charge in [0.25, 0.3) is 0 Å². The van der Waals surface area contributed by atoms with Crippen molar-refractivity contribution < 1.29 is 4.39 Å². The molecule has 1 N–H and O–H groups in total. The van der Waals surface area contributed by atoms with Gasteiger partial charge < -0.3 is 5.32 Å². The number of thioether (sulfide) groups is 1. The van der Waals surface area contributed by atoms with E-state index in [1.807, 2.05) is 0 Å². The molecule has 0 fully saturated rings. The van der Waals surface area contributed by atoms with Crippen LogP contribution in [0, 0.1) is 5.82 Å². The zero-order valence-corrected chi connectivity index (χ0v) is 11.1. The predicted molar refractivity (Wildman–Crippen MR) is 73.6 cm³/mol. The van der Waals surface area contributed by atoms with Gasteiger partial charge in [0.2, 0.25) is 0 Å². The minimum absolute atomic E-state index is 0.300. The molecule has 1 heterocycles. The Balaban J connectivity index is 2.00. The fourth-order valence-corrected chi connectivity index (χ4v) is 2.97. The van der Waals surface area contributed by atoms with Crippen LogP contribution in [-0.4, -0.2) is 17.0 Å². The SMILES string of the molecule is CCCC1CN=C(Nc2cc(F)ccc2Cl)S1. The molecule has 0 aliphatic carbocycles. The standard InChI is InChI=1S/C12H14ClFN2S/c1-2-3-9-7-15-12(17-9)16-11-6-8(14)4-5-10(11)13/h4-6,9H,2-3,7H2,1H3,(H,15,16). The molecule has 92 valence electrons. The minimum Gasteiger partial charge on any atom is -0.334 e. The first-order valence-electron chi connectivity index (χ1n) is 5.62. The Bertz CT molecular complexity index is 437. The van der Waals surface area contributed by atoms with Gasteiger partial charge in [0.05, 0.1) is 17.3 Å². The summed E-state index contributed by atoms with van der Waals surface area (Å²) in [6.07, 6.45) is 2.30. The van der Waals surface area contributed by atoms with Crippen LogP contribution in [0.15, 0.2) is 23.2 Å². The highest BCUT2D eigenvalue weighted by atomic mass is 35.5. The molecule has 0 bridgehead atoms. The zero-order valence-electron chi connectivity index (χ0n) is 9.54. The average molecular weight is 273 g/mol. The molecule has 0 amide bonds. The van der Waals surface area contributed by atoms with Gasteiger partial charge in [-0.1, -0.05) is 36.7 Å². The molecule has 2 nitrogen and oxygen atoms in total. The molecule has 1 atom stereocenters. The van der Waals surface area contributed by atoms with Crippen molar-refractivity contribution in [1.29, 1.82) is 0 Å². The molecule has 0 radical (unpaired) electrons. The fourth-order valence-electron chi connectivity index (χ4n) is 1.67. The van der Waals surface area contributed by atoms with Crippen LogP contribution in [-0.2, 0) is 0 Å². The number of hydrogen-bond acceptors (Lipinski definition) is 3. The summed E-state index contributed by atoms with van der Waals surface area (Å²) >= 11 is 7.68. The summed E-state index contributed by atoms with van der Waals surface area (Å²) in [6.45, 7) is 2.99. The van der Waals surface area contributed by atoms with Gasteiger partial charge >= 0.3 is 0 Å². The smallest absolute Gasteiger partial charge is 0.161 e. The van der Waals surface area contributed by atoms with E-state index in [1.54, 1.807) is 17.8 Å². The minimum atomic E-state index is -0.300. The van der Waals surface area contributed by atoms with E-state index in [0.29, 0.717) is 16.0 Å². The summed E-state index contributed by atoms with van der Waals surface area (Å²) in [6, 6.07) is 4.28. The van der Waals surface area contributed by atoms with E-state index in [2.05, 4.69) is 17.2 Å². The molecule has 1 unspecified atom stereocenters. The van der Waals surface area contributed by atoms with Gasteiger partial charge in [-0.15, -0.1) is 0 Å². The van der Waals surface area contributed by atoms with Crippen LogP contribution in [0.4, 0.5) is 10.1 Å². The molecule has 2 rings (SSSR count). The summed E-state index contributed by atoms with van der Waals surface area (Å²) in [4.78, 5) is 4.39. The van der Waals surface area contributed by atoms with Gasteiger partial charge in [-0.05, 0) is 24.6 Å². The number of benzene rings is 1. The van der Waals surface area contributed by atoms with Gasteiger partial charge in [0.15, 0.2) is 5.17 Å². The number of aliphatic imine (C=N–C) groups is 1. The molecule has 1 aliphatic rings. The van der Waals surface area contributed by atoms with E-state index in [1.165, 1.54) is 12.1 Å². The highest BCUT2D eigenvalue weighted by Gasteiger charge is 2.19. The molecule has 1 aromatic rings. The van der Waals surface area contributed by atoms with E-state index >= 15 is 0 Å². The lowest BCUT2D eigenvalue weighted by Gasteiger charge is -2.09. The number of amidine groups is 1. The lowest BCUT2D eigenvalue weighted by atomic mass is 10.2. The Morgan fingerprint density at radius 3 is 3.18 bits per heavy atom. The van der Waals surface area contributed by atoms with Crippen molar-refractivity contribution in [2.75, 3.05) is 11.9 Å². The first kappa shape index (κ1) is 12.7. The van der Waals surface area contributed by atoms with Crippen molar-refractivity contribution in [3.05, 3.63) is 29.0 Å². The van der Waals surface area contributed by atoms with Crippen molar-refractivity contribution in [3.63, 3.8) is 0 Å². The summed E-state index contributed by atoms with van der Waals surface area (Å²) in [5.74, 6) is -0.300. The van der Waals surface area contributed by atoms with Crippen molar-refractivity contribution in [2.45, 2.75) is 25.0 Å². The maximum Gasteiger partial charge on any atom is 0.161 e. The van der Waals surface area contributed by atoms with Gasteiger partial charge in [-0.25, -0.2) is 4.39 Å². The zero-order chi connectivity index (χ0) is 12.3. The topological polar surface area (TPSA) is 24.4 Å². The molecule has 0 aromatic heterocycles. The van der Waals surface area contributed by atoms with Crippen LogP contribution in [0.3, 0.4) is 0 Å². The number of nitrogens with zero attached hydrogens (tertiary/aromatic N) is 1. The van der Waals surface area contributed by atoms with Crippen molar-refractivity contribution in [2.24, 2.45) is 4.99 Å². The lowest BCUT2D eigenvalue weighted by molar-refractivity contribution is 0.628. The number of anilines is 1. The van der Waals surface area contributed by atoms with Crippen molar-refractivity contribution in [1.82, 2.24) is 0 Å². The van der Waals surface area contributed by atoms with Crippen LogP contribution in [0.2, 0.25) is 5.02 Å². The third-order valence-corrected chi connectivity index (χ3v) is 4.00. The van der Waals surface area contributed by atoms with E-state index < -0.39 is 0 Å². The first-order valence-corrected chi connectivity index (χ1v) is 6.88. The second-order valence-electron chi connectivity index (χ2n) is 3.92. The molecule has 0 saturated carbocycles. The Kier molecular flexibility index (Phi) is 4.29. The Hall–Kier alpha value is -0.740. The van der Waals surface area contributed by atoms with E-state index in [4.69, 9.17) is 11.6 Å². The summed E-state index contributed by atoms with van der Waals surface area (Å²) < 4.78 is 13.1. The van der Waals surface area contributed by atoms with Gasteiger partial charge in [0, 0.05) is 5.25 Å². The van der Waals surface area contributed by atoms with Crippen LogP contribution >= 0.6 is 23.4 Å². The van der Waals surface area contributed by atoms with Crippen LogP contribution in [0.5, 0.6) is 0 Å². The van der Waals surface area contributed by atoms with E-state index in [-0.39, 0.29) is 5.82 Å². The molecule has 1 aliphatic heterocycles. The Morgan fingerprint density at radius 1 is 1.59 bits per heavy atom. The molecule has 1 aromatic carbocycles. The summed E-state index contributed by atoms with van der Waals surface area (Å²) in [5.41, 5.74) is 0.579. The normalized spacial score (nSPS) is 19.2. The third-order valence-electron chi connectivity index (χ3n) is 2.50. The lowest BCUT2D eigenvalue weighted by Crippen LogP contribution is -2.08. The number of hydrogen-bond donors (Lipinski definition) is 1. The Morgan fingerprint density at radius 2 is 2.41 bits per heavy atom. The van der Waals surface area contributed by atoms with E-state index in [0.717, 1.165) is 24.6 Å². The second-order valence-corrected chi connectivity index (χ2v) is 5.62. The summed E-state index contributed by atoms with van der Waals surface area (Å²) in [5, 5.41) is 4.95. The molecule has 17 heavy (non-hydrogen) atoms. The van der Waals surface area contributed by atoms with Crippen LogP contribution < -0.4 is 5.32 Å². The molecular weight excluding hydrogens is 259 g/mol. The summed E-state index contributed by atoms with van der Waals surface area (Å²) in [7, 11) is 0. The van der Waals surface area contributed by atoms with Gasteiger partial charge in [0.1, 0.15) is 5.82 Å².